The Labute approximate surface area is 140 Å². The molecule has 1 aliphatic rings. The number of H-pyrrole nitrogens is 1. The molecule has 9 heteroatoms. The van der Waals surface area contributed by atoms with Gasteiger partial charge >= 0.3 is 6.18 Å². The molecule has 0 saturated carbocycles. The van der Waals surface area contributed by atoms with Crippen molar-refractivity contribution in [1.29, 1.82) is 0 Å². The van der Waals surface area contributed by atoms with Gasteiger partial charge in [0.15, 0.2) is 11.5 Å². The van der Waals surface area contributed by atoms with Crippen molar-refractivity contribution in [2.45, 2.75) is 24.7 Å². The Hall–Kier alpha value is -2.68. The molecule has 130 valence electrons. The van der Waals surface area contributed by atoms with Gasteiger partial charge in [0.05, 0.1) is 24.0 Å². The molecule has 2 N–H and O–H groups in total. The van der Waals surface area contributed by atoms with Crippen LogP contribution in [-0.4, -0.2) is 37.7 Å². The maximum absolute atomic E-state index is 13.0. The van der Waals surface area contributed by atoms with Gasteiger partial charge in [0.1, 0.15) is 11.8 Å². The summed E-state index contributed by atoms with van der Waals surface area (Å²) in [6, 6.07) is 4.76. The van der Waals surface area contributed by atoms with E-state index in [-0.39, 0.29) is 6.54 Å². The van der Waals surface area contributed by atoms with Gasteiger partial charge in [0.2, 0.25) is 0 Å². The van der Waals surface area contributed by atoms with Crippen molar-refractivity contribution in [1.82, 2.24) is 19.9 Å². The minimum Gasteiger partial charge on any atom is -0.391 e. The van der Waals surface area contributed by atoms with E-state index in [1.807, 2.05) is 0 Å². The summed E-state index contributed by atoms with van der Waals surface area (Å²) < 4.78 is 39.1. The van der Waals surface area contributed by atoms with E-state index >= 15 is 0 Å². The smallest absolute Gasteiger partial charge is 0.391 e. The van der Waals surface area contributed by atoms with Crippen LogP contribution in [0.3, 0.4) is 0 Å². The molecule has 4 rings (SSSR count). The van der Waals surface area contributed by atoms with E-state index in [1.165, 1.54) is 18.7 Å². The molecule has 0 radical (unpaired) electrons. The van der Waals surface area contributed by atoms with Gasteiger partial charge in [-0.05, 0) is 24.1 Å². The molecule has 0 bridgehead atoms. The van der Waals surface area contributed by atoms with E-state index in [2.05, 4.69) is 19.9 Å². The number of β-amino-alcohol motifs (C(OH)–C–C–N with tert-alkyl or cyclic N) is 1. The molecule has 0 spiro atoms. The van der Waals surface area contributed by atoms with E-state index in [0.717, 1.165) is 12.1 Å². The minimum atomic E-state index is -4.41. The lowest BCUT2D eigenvalue weighted by Gasteiger charge is -2.26. The van der Waals surface area contributed by atoms with E-state index in [1.54, 1.807) is 11.0 Å². The summed E-state index contributed by atoms with van der Waals surface area (Å²) in [4.78, 5) is 17.1. The lowest BCUT2D eigenvalue weighted by Crippen LogP contribution is -2.25. The largest absolute Gasteiger partial charge is 0.416 e. The molecule has 25 heavy (non-hydrogen) atoms. The number of aromatic nitrogens is 4. The van der Waals surface area contributed by atoms with Gasteiger partial charge in [-0.2, -0.15) is 13.2 Å². The highest BCUT2D eigenvalue weighted by molar-refractivity contribution is 5.83. The van der Waals surface area contributed by atoms with Gasteiger partial charge < -0.3 is 15.0 Å². The highest BCUT2D eigenvalue weighted by Gasteiger charge is 2.36. The number of benzene rings is 1. The average molecular weight is 349 g/mol. The van der Waals surface area contributed by atoms with E-state index in [0.29, 0.717) is 29.0 Å². The van der Waals surface area contributed by atoms with Crippen LogP contribution in [0, 0.1) is 0 Å². The topological polar surface area (TPSA) is 77.9 Å². The van der Waals surface area contributed by atoms with Crippen LogP contribution in [0.4, 0.5) is 19.0 Å². The highest BCUT2D eigenvalue weighted by atomic mass is 19.4. The lowest BCUT2D eigenvalue weighted by atomic mass is 10.0. The number of imidazole rings is 1. The van der Waals surface area contributed by atoms with Crippen molar-refractivity contribution in [3.8, 4) is 0 Å². The number of aromatic amines is 1. The second kappa shape index (κ2) is 5.69. The number of anilines is 1. The van der Waals surface area contributed by atoms with Crippen molar-refractivity contribution in [3.05, 3.63) is 48.0 Å². The fourth-order valence-corrected chi connectivity index (χ4v) is 3.26. The molecule has 1 aliphatic heterocycles. The molecular weight excluding hydrogens is 335 g/mol. The molecule has 3 heterocycles. The second-order valence-electron chi connectivity index (χ2n) is 5.98. The van der Waals surface area contributed by atoms with Crippen LogP contribution in [0.2, 0.25) is 0 Å². The molecule has 2 atom stereocenters. The predicted molar refractivity (Wildman–Crippen MR) is 83.8 cm³/mol. The van der Waals surface area contributed by atoms with Crippen LogP contribution in [0.25, 0.3) is 11.2 Å². The number of aliphatic hydroxyl groups excluding tert-OH is 1. The highest BCUT2D eigenvalue weighted by Crippen LogP contribution is 2.39. The van der Waals surface area contributed by atoms with Gasteiger partial charge in [0.25, 0.3) is 0 Å². The summed E-state index contributed by atoms with van der Waals surface area (Å²) in [6.07, 6.45) is -1.92. The van der Waals surface area contributed by atoms with Crippen LogP contribution in [0.15, 0.2) is 36.9 Å². The zero-order valence-corrected chi connectivity index (χ0v) is 12.9. The van der Waals surface area contributed by atoms with Gasteiger partial charge in [-0.25, -0.2) is 15.0 Å². The minimum absolute atomic E-state index is 0.270. The lowest BCUT2D eigenvalue weighted by molar-refractivity contribution is -0.137. The molecule has 0 amide bonds. The Morgan fingerprint density at radius 3 is 2.84 bits per heavy atom. The predicted octanol–water partition coefficient (Wildman–Crippen LogP) is 2.68. The number of nitrogens with zero attached hydrogens (tertiary/aromatic N) is 4. The van der Waals surface area contributed by atoms with E-state index in [9.17, 15) is 18.3 Å². The molecule has 1 saturated heterocycles. The molecular formula is C16H14F3N5O. The number of halogens is 3. The fraction of sp³-hybridized carbons (Fsp3) is 0.312. The van der Waals surface area contributed by atoms with Crippen LogP contribution in [0.5, 0.6) is 0 Å². The van der Waals surface area contributed by atoms with Crippen molar-refractivity contribution >= 4 is 17.0 Å². The number of fused-ring (bicyclic) bond motifs is 1. The normalized spacial score (nSPS) is 21.2. The molecule has 0 unspecified atom stereocenters. The number of hydrogen-bond donors (Lipinski definition) is 2. The second-order valence-corrected chi connectivity index (χ2v) is 5.98. The molecule has 2 aromatic heterocycles. The quantitative estimate of drug-likeness (QED) is 0.744. The number of nitrogens with one attached hydrogen (secondary N) is 1. The first-order valence-corrected chi connectivity index (χ1v) is 7.69. The molecule has 3 aromatic rings. The van der Waals surface area contributed by atoms with Crippen molar-refractivity contribution in [2.75, 3.05) is 11.4 Å². The van der Waals surface area contributed by atoms with Crippen molar-refractivity contribution < 1.29 is 18.3 Å². The Morgan fingerprint density at radius 2 is 2.04 bits per heavy atom. The zero-order valence-electron chi connectivity index (χ0n) is 12.9. The summed E-state index contributed by atoms with van der Waals surface area (Å²) in [6.45, 7) is 0.270. The first kappa shape index (κ1) is 15.8. The number of hydrogen-bond acceptors (Lipinski definition) is 5. The van der Waals surface area contributed by atoms with Crippen LogP contribution in [-0.2, 0) is 6.18 Å². The molecule has 0 aliphatic carbocycles. The summed E-state index contributed by atoms with van der Waals surface area (Å²) in [5.74, 6) is 0.515. The van der Waals surface area contributed by atoms with Gasteiger partial charge in [-0.1, -0.05) is 12.1 Å². The SMILES string of the molecule is O[C@H]1C[C@@H](c2cccc(C(F)(F)F)c2)N(c2ncnc3nc[nH]c23)C1. The summed E-state index contributed by atoms with van der Waals surface area (Å²) >= 11 is 0. The Morgan fingerprint density at radius 1 is 1.20 bits per heavy atom. The first-order chi connectivity index (χ1) is 11.9. The summed E-state index contributed by atoms with van der Waals surface area (Å²) in [5, 5.41) is 10.1. The summed E-state index contributed by atoms with van der Waals surface area (Å²) in [5.41, 5.74) is 0.834. The van der Waals surface area contributed by atoms with Crippen molar-refractivity contribution in [2.24, 2.45) is 0 Å². The van der Waals surface area contributed by atoms with Crippen molar-refractivity contribution in [3.63, 3.8) is 0 Å². The first-order valence-electron chi connectivity index (χ1n) is 7.69. The van der Waals surface area contributed by atoms with Gasteiger partial charge in [0, 0.05) is 6.54 Å². The van der Waals surface area contributed by atoms with Gasteiger partial charge in [-0.15, -0.1) is 0 Å². The standard InChI is InChI=1S/C16H14F3N5O/c17-16(18,19)10-3-1-2-9(4-10)12-5-11(25)6-24(12)15-13-14(21-7-20-13)22-8-23-15/h1-4,7-8,11-12,25H,5-6H2,(H,20,21,22,23)/t11-,12-/m0/s1. The van der Waals surface area contributed by atoms with Crippen LogP contribution in [0.1, 0.15) is 23.6 Å². The monoisotopic (exact) mass is 349 g/mol. The molecule has 1 aromatic carbocycles. The average Bonchev–Trinajstić information content (AvgIpc) is 3.20. The van der Waals surface area contributed by atoms with E-state index in [4.69, 9.17) is 0 Å². The van der Waals surface area contributed by atoms with Crippen LogP contribution < -0.4 is 4.90 Å². The maximum atomic E-state index is 13.0. The Bertz CT molecular complexity index is 910. The maximum Gasteiger partial charge on any atom is 0.416 e. The number of rotatable bonds is 2. The van der Waals surface area contributed by atoms with Gasteiger partial charge in [-0.3, -0.25) is 0 Å². The molecule has 6 nitrogen and oxygen atoms in total. The van der Waals surface area contributed by atoms with E-state index < -0.39 is 23.9 Å². The third-order valence-corrected chi connectivity index (χ3v) is 4.35. The third-order valence-electron chi connectivity index (χ3n) is 4.35. The third kappa shape index (κ3) is 2.80. The Kier molecular flexibility index (Phi) is 3.60. The number of alkyl halides is 3. The Balaban J connectivity index is 1.77. The van der Waals surface area contributed by atoms with Crippen LogP contribution >= 0.6 is 0 Å². The zero-order chi connectivity index (χ0) is 17.6. The number of aliphatic hydroxyl groups is 1. The fourth-order valence-electron chi connectivity index (χ4n) is 3.26. The molecule has 1 fully saturated rings. The summed E-state index contributed by atoms with van der Waals surface area (Å²) in [7, 11) is 0.